The van der Waals surface area contributed by atoms with Crippen LogP contribution < -0.4 is 16.8 Å². The third-order valence-corrected chi connectivity index (χ3v) is 3.00. The fraction of sp³-hybridized carbons (Fsp3) is 0.154. The maximum atomic E-state index is 12.0. The van der Waals surface area contributed by atoms with Crippen molar-refractivity contribution in [3.05, 3.63) is 56.4 Å². The standard InChI is InChI=1S/C13H13N5O4/c1-2-17-13(20)10(12(19)15-14)7-11(16-17)8-4-3-5-9(6-8)18(21)22/h3-7H,2,14H2,1H3,(H,15,19). The molecule has 1 aromatic heterocycles. The topological polar surface area (TPSA) is 133 Å². The van der Waals surface area contributed by atoms with Crippen molar-refractivity contribution in [2.75, 3.05) is 0 Å². The average molecular weight is 303 g/mol. The van der Waals surface area contributed by atoms with Crippen LogP contribution in [0.5, 0.6) is 0 Å². The van der Waals surface area contributed by atoms with Crippen molar-refractivity contribution >= 4 is 11.6 Å². The average Bonchev–Trinajstić information content (AvgIpc) is 2.54. The Morgan fingerprint density at radius 2 is 2.18 bits per heavy atom. The van der Waals surface area contributed by atoms with E-state index in [1.165, 1.54) is 24.3 Å². The fourth-order valence-electron chi connectivity index (χ4n) is 1.92. The van der Waals surface area contributed by atoms with E-state index in [-0.39, 0.29) is 23.5 Å². The van der Waals surface area contributed by atoms with Crippen molar-refractivity contribution in [2.45, 2.75) is 13.5 Å². The number of aryl methyl sites for hydroxylation is 1. The van der Waals surface area contributed by atoms with Gasteiger partial charge in [-0.2, -0.15) is 5.10 Å². The molecule has 3 N–H and O–H groups in total. The first-order chi connectivity index (χ1) is 10.5. The Morgan fingerprint density at radius 1 is 1.45 bits per heavy atom. The summed E-state index contributed by atoms with van der Waals surface area (Å²) in [6.45, 7) is 1.93. The number of nitrogens with two attached hydrogens (primary N) is 1. The smallest absolute Gasteiger partial charge is 0.279 e. The van der Waals surface area contributed by atoms with Gasteiger partial charge in [0.25, 0.3) is 17.2 Å². The monoisotopic (exact) mass is 303 g/mol. The van der Waals surface area contributed by atoms with E-state index in [0.717, 1.165) is 4.68 Å². The SMILES string of the molecule is CCn1nc(-c2cccc([N+](=O)[O-])c2)cc(C(=O)NN)c1=O. The molecule has 0 spiro atoms. The van der Waals surface area contributed by atoms with Gasteiger partial charge in [-0.1, -0.05) is 12.1 Å². The molecule has 1 heterocycles. The fourth-order valence-corrected chi connectivity index (χ4v) is 1.92. The van der Waals surface area contributed by atoms with Gasteiger partial charge in [0.15, 0.2) is 0 Å². The minimum absolute atomic E-state index is 0.113. The van der Waals surface area contributed by atoms with Gasteiger partial charge in [0.2, 0.25) is 0 Å². The molecule has 0 atom stereocenters. The lowest BCUT2D eigenvalue weighted by Crippen LogP contribution is -2.37. The lowest BCUT2D eigenvalue weighted by molar-refractivity contribution is -0.384. The van der Waals surface area contributed by atoms with E-state index in [0.29, 0.717) is 5.56 Å². The number of hydrogen-bond acceptors (Lipinski definition) is 6. The molecule has 1 aromatic carbocycles. The van der Waals surface area contributed by atoms with Crippen molar-refractivity contribution in [1.29, 1.82) is 0 Å². The Morgan fingerprint density at radius 3 is 2.77 bits per heavy atom. The van der Waals surface area contributed by atoms with Crippen molar-refractivity contribution in [1.82, 2.24) is 15.2 Å². The van der Waals surface area contributed by atoms with Crippen molar-refractivity contribution in [3.8, 4) is 11.3 Å². The first-order valence-corrected chi connectivity index (χ1v) is 6.35. The molecular formula is C13H13N5O4. The number of hydrogen-bond donors (Lipinski definition) is 2. The van der Waals surface area contributed by atoms with E-state index in [1.807, 2.05) is 5.43 Å². The van der Waals surface area contributed by atoms with Gasteiger partial charge in [-0.25, -0.2) is 10.5 Å². The van der Waals surface area contributed by atoms with E-state index in [9.17, 15) is 19.7 Å². The van der Waals surface area contributed by atoms with Crippen molar-refractivity contribution < 1.29 is 9.72 Å². The van der Waals surface area contributed by atoms with Crippen LogP contribution in [0, 0.1) is 10.1 Å². The number of nitrogen functional groups attached to an aromatic ring is 1. The zero-order valence-electron chi connectivity index (χ0n) is 11.6. The number of amides is 1. The van der Waals surface area contributed by atoms with Gasteiger partial charge in [-0.05, 0) is 13.0 Å². The maximum absolute atomic E-state index is 12.0. The predicted octanol–water partition coefficient (Wildman–Crippen LogP) is 0.442. The number of nitro benzene ring substituents is 1. The lowest BCUT2D eigenvalue weighted by atomic mass is 10.1. The number of benzene rings is 1. The van der Waals surface area contributed by atoms with E-state index in [2.05, 4.69) is 5.10 Å². The van der Waals surface area contributed by atoms with Gasteiger partial charge in [0.1, 0.15) is 5.56 Å². The molecule has 0 unspecified atom stereocenters. The number of rotatable bonds is 4. The van der Waals surface area contributed by atoms with Crippen LogP contribution in [-0.2, 0) is 6.54 Å². The summed E-state index contributed by atoms with van der Waals surface area (Å²) in [4.78, 5) is 34.0. The molecule has 0 aliphatic heterocycles. The molecule has 0 radical (unpaired) electrons. The minimum Gasteiger partial charge on any atom is -0.290 e. The van der Waals surface area contributed by atoms with E-state index < -0.39 is 16.4 Å². The summed E-state index contributed by atoms with van der Waals surface area (Å²) in [5.41, 5.74) is 1.70. The van der Waals surface area contributed by atoms with Crippen molar-refractivity contribution in [3.63, 3.8) is 0 Å². The third-order valence-electron chi connectivity index (χ3n) is 3.00. The number of carbonyl (C=O) groups is 1. The highest BCUT2D eigenvalue weighted by molar-refractivity contribution is 5.94. The zero-order valence-corrected chi connectivity index (χ0v) is 11.6. The van der Waals surface area contributed by atoms with Crippen LogP contribution in [-0.4, -0.2) is 20.6 Å². The molecule has 9 nitrogen and oxygen atoms in total. The molecule has 0 bridgehead atoms. The summed E-state index contributed by atoms with van der Waals surface area (Å²) in [5, 5.41) is 14.9. The second-order valence-corrected chi connectivity index (χ2v) is 4.35. The Kier molecular flexibility index (Phi) is 4.28. The minimum atomic E-state index is -0.749. The van der Waals surface area contributed by atoms with Crippen LogP contribution in [0.15, 0.2) is 35.1 Å². The maximum Gasteiger partial charge on any atom is 0.279 e. The molecule has 22 heavy (non-hydrogen) atoms. The van der Waals surface area contributed by atoms with Gasteiger partial charge in [-0.15, -0.1) is 0 Å². The van der Waals surface area contributed by atoms with E-state index in [1.54, 1.807) is 13.0 Å². The van der Waals surface area contributed by atoms with Crippen LogP contribution in [0.3, 0.4) is 0 Å². The summed E-state index contributed by atoms with van der Waals surface area (Å²) in [6, 6.07) is 7.02. The number of aromatic nitrogens is 2. The first-order valence-electron chi connectivity index (χ1n) is 6.35. The van der Waals surface area contributed by atoms with Crippen LogP contribution in [0.25, 0.3) is 11.3 Å². The van der Waals surface area contributed by atoms with Gasteiger partial charge in [-0.3, -0.25) is 25.1 Å². The molecule has 2 aromatic rings. The molecule has 114 valence electrons. The van der Waals surface area contributed by atoms with Gasteiger partial charge in [0.05, 0.1) is 10.6 Å². The largest absolute Gasteiger partial charge is 0.290 e. The molecule has 0 aliphatic rings. The highest BCUT2D eigenvalue weighted by atomic mass is 16.6. The van der Waals surface area contributed by atoms with Crippen molar-refractivity contribution in [2.24, 2.45) is 5.84 Å². The van der Waals surface area contributed by atoms with Gasteiger partial charge in [0, 0.05) is 24.2 Å². The Bertz CT molecular complexity index is 799. The molecule has 0 aliphatic carbocycles. The highest BCUT2D eigenvalue weighted by Crippen LogP contribution is 2.22. The number of non-ortho nitro benzene ring substituents is 1. The number of nitrogens with one attached hydrogen (secondary N) is 1. The summed E-state index contributed by atoms with van der Waals surface area (Å²) < 4.78 is 1.10. The number of carbonyl (C=O) groups excluding carboxylic acids is 1. The second kappa shape index (κ2) is 6.14. The quantitative estimate of drug-likeness (QED) is 0.364. The summed E-state index contributed by atoms with van der Waals surface area (Å²) in [5.74, 6) is 4.31. The van der Waals surface area contributed by atoms with Gasteiger partial charge < -0.3 is 0 Å². The van der Waals surface area contributed by atoms with Crippen LogP contribution in [0.4, 0.5) is 5.69 Å². The van der Waals surface area contributed by atoms with Gasteiger partial charge >= 0.3 is 0 Å². The second-order valence-electron chi connectivity index (χ2n) is 4.35. The Labute approximate surface area is 124 Å². The summed E-state index contributed by atoms with van der Waals surface area (Å²) >= 11 is 0. The van der Waals surface area contributed by atoms with Crippen LogP contribution in [0.2, 0.25) is 0 Å². The zero-order chi connectivity index (χ0) is 16.3. The molecule has 1 amide bonds. The number of nitro groups is 1. The summed E-state index contributed by atoms with van der Waals surface area (Å²) in [7, 11) is 0. The van der Waals surface area contributed by atoms with E-state index in [4.69, 9.17) is 5.84 Å². The Balaban J connectivity index is 2.65. The molecule has 9 heteroatoms. The summed E-state index contributed by atoms with van der Waals surface area (Å²) in [6.07, 6.45) is 0. The number of nitrogens with zero attached hydrogens (tertiary/aromatic N) is 3. The predicted molar refractivity (Wildman–Crippen MR) is 77.9 cm³/mol. The third kappa shape index (κ3) is 2.83. The molecule has 0 saturated heterocycles. The molecule has 2 rings (SSSR count). The van der Waals surface area contributed by atoms with Crippen LogP contribution in [0.1, 0.15) is 17.3 Å². The normalized spacial score (nSPS) is 10.3. The molecular weight excluding hydrogens is 290 g/mol. The molecule has 0 saturated carbocycles. The Hall–Kier alpha value is -3.07. The molecule has 0 fully saturated rings. The van der Waals surface area contributed by atoms with Crippen LogP contribution >= 0.6 is 0 Å². The first kappa shape index (κ1) is 15.3. The highest BCUT2D eigenvalue weighted by Gasteiger charge is 2.16. The number of hydrazine groups is 1. The van der Waals surface area contributed by atoms with E-state index >= 15 is 0 Å². The lowest BCUT2D eigenvalue weighted by Gasteiger charge is -2.08.